The summed E-state index contributed by atoms with van der Waals surface area (Å²) in [5.41, 5.74) is 0.991. The molecule has 1 atom stereocenters. The van der Waals surface area contributed by atoms with Gasteiger partial charge in [0.25, 0.3) is 5.91 Å². The molecular formula is C16H17ClN2O2S. The molecule has 0 aliphatic heterocycles. The molecule has 2 N–H and O–H groups in total. The standard InChI is InChI=1S/C16H17ClN2O2S/c1-2-13(11-5-7-12(17)8-6-11)19-15(20)10-18-16(21)14-4-3-9-22-14/h3-9,13H,2,10H2,1H3,(H,18,21)(H,19,20)/t13-/m1/s1. The van der Waals surface area contributed by atoms with Crippen LogP contribution in [0.3, 0.4) is 0 Å². The Bertz CT molecular complexity index is 626. The largest absolute Gasteiger partial charge is 0.348 e. The van der Waals surface area contributed by atoms with Crippen molar-refractivity contribution in [2.24, 2.45) is 0 Å². The number of carbonyl (C=O) groups excluding carboxylic acids is 2. The van der Waals surface area contributed by atoms with Crippen LogP contribution >= 0.6 is 22.9 Å². The predicted octanol–water partition coefficient (Wildman–Crippen LogP) is 3.40. The number of hydrogen-bond acceptors (Lipinski definition) is 3. The van der Waals surface area contributed by atoms with Gasteiger partial charge in [0, 0.05) is 5.02 Å². The molecule has 0 saturated heterocycles. The summed E-state index contributed by atoms with van der Waals surface area (Å²) in [7, 11) is 0. The molecule has 0 spiro atoms. The first-order valence-corrected chi connectivity index (χ1v) is 8.22. The van der Waals surface area contributed by atoms with Crippen LogP contribution in [-0.4, -0.2) is 18.4 Å². The molecule has 4 nitrogen and oxygen atoms in total. The molecular weight excluding hydrogens is 320 g/mol. The third-order valence-electron chi connectivity index (χ3n) is 3.17. The van der Waals surface area contributed by atoms with E-state index in [1.165, 1.54) is 11.3 Å². The molecule has 0 aliphatic rings. The summed E-state index contributed by atoms with van der Waals surface area (Å²) in [6.07, 6.45) is 0.756. The van der Waals surface area contributed by atoms with E-state index >= 15 is 0 Å². The van der Waals surface area contributed by atoms with Crippen LogP contribution in [0, 0.1) is 0 Å². The molecule has 1 aromatic heterocycles. The SMILES string of the molecule is CC[C@@H](NC(=O)CNC(=O)c1cccs1)c1ccc(Cl)cc1. The molecule has 0 bridgehead atoms. The Morgan fingerprint density at radius 3 is 2.55 bits per heavy atom. The molecule has 0 unspecified atom stereocenters. The van der Waals surface area contributed by atoms with Crippen LogP contribution in [-0.2, 0) is 4.79 Å². The van der Waals surface area contributed by atoms with E-state index in [-0.39, 0.29) is 24.4 Å². The topological polar surface area (TPSA) is 58.2 Å². The van der Waals surface area contributed by atoms with Gasteiger partial charge in [0.2, 0.25) is 5.91 Å². The maximum absolute atomic E-state index is 12.0. The maximum atomic E-state index is 12.0. The monoisotopic (exact) mass is 336 g/mol. The number of halogens is 1. The molecule has 0 radical (unpaired) electrons. The molecule has 116 valence electrons. The number of rotatable bonds is 6. The predicted molar refractivity (Wildman–Crippen MR) is 89.3 cm³/mol. The highest BCUT2D eigenvalue weighted by Gasteiger charge is 2.14. The van der Waals surface area contributed by atoms with Crippen molar-refractivity contribution in [3.63, 3.8) is 0 Å². The normalized spacial score (nSPS) is 11.7. The molecule has 0 saturated carbocycles. The maximum Gasteiger partial charge on any atom is 0.261 e. The number of benzene rings is 1. The van der Waals surface area contributed by atoms with Gasteiger partial charge in [-0.15, -0.1) is 11.3 Å². The molecule has 2 amide bonds. The highest BCUT2D eigenvalue weighted by Crippen LogP contribution is 2.19. The van der Waals surface area contributed by atoms with Crippen molar-refractivity contribution < 1.29 is 9.59 Å². The summed E-state index contributed by atoms with van der Waals surface area (Å²) in [5.74, 6) is -0.448. The van der Waals surface area contributed by atoms with Gasteiger partial charge in [-0.05, 0) is 35.6 Å². The second-order valence-electron chi connectivity index (χ2n) is 4.74. The van der Waals surface area contributed by atoms with Crippen LogP contribution < -0.4 is 10.6 Å². The van der Waals surface area contributed by atoms with Crippen molar-refractivity contribution in [1.29, 1.82) is 0 Å². The van der Waals surface area contributed by atoms with Gasteiger partial charge in [0.1, 0.15) is 0 Å². The van der Waals surface area contributed by atoms with E-state index in [0.717, 1.165) is 12.0 Å². The molecule has 1 aromatic carbocycles. The van der Waals surface area contributed by atoms with Crippen LogP contribution in [0.5, 0.6) is 0 Å². The minimum absolute atomic E-state index is 0.0409. The van der Waals surface area contributed by atoms with Gasteiger partial charge in [-0.1, -0.05) is 36.7 Å². The van der Waals surface area contributed by atoms with Gasteiger partial charge in [-0.3, -0.25) is 9.59 Å². The summed E-state index contributed by atoms with van der Waals surface area (Å²) < 4.78 is 0. The molecule has 1 heterocycles. The van der Waals surface area contributed by atoms with Crippen LogP contribution in [0.4, 0.5) is 0 Å². The number of carbonyl (C=O) groups is 2. The van der Waals surface area contributed by atoms with Crippen LogP contribution in [0.25, 0.3) is 0 Å². The van der Waals surface area contributed by atoms with Crippen molar-refractivity contribution >= 4 is 34.8 Å². The fourth-order valence-corrected chi connectivity index (χ4v) is 2.78. The number of thiophene rings is 1. The van der Waals surface area contributed by atoms with Crippen molar-refractivity contribution in [1.82, 2.24) is 10.6 Å². The third kappa shape index (κ3) is 4.58. The second kappa shape index (κ2) is 7.96. The lowest BCUT2D eigenvalue weighted by Gasteiger charge is -2.17. The summed E-state index contributed by atoms with van der Waals surface area (Å²) in [6.45, 7) is 1.95. The van der Waals surface area contributed by atoms with E-state index in [1.807, 2.05) is 24.4 Å². The van der Waals surface area contributed by atoms with Crippen molar-refractivity contribution in [3.05, 3.63) is 57.2 Å². The lowest BCUT2D eigenvalue weighted by molar-refractivity contribution is -0.120. The average Bonchev–Trinajstić information content (AvgIpc) is 3.05. The summed E-state index contributed by atoms with van der Waals surface area (Å²) in [5, 5.41) is 8.01. The Morgan fingerprint density at radius 2 is 1.95 bits per heavy atom. The zero-order valence-electron chi connectivity index (χ0n) is 12.1. The van der Waals surface area contributed by atoms with Crippen LogP contribution in [0.1, 0.15) is 34.6 Å². The first-order chi connectivity index (χ1) is 10.6. The zero-order chi connectivity index (χ0) is 15.9. The Hall–Kier alpha value is -1.85. The van der Waals surface area contributed by atoms with E-state index in [4.69, 9.17) is 11.6 Å². The molecule has 2 aromatic rings. The first kappa shape index (κ1) is 16.5. The Balaban J connectivity index is 1.87. The smallest absolute Gasteiger partial charge is 0.261 e. The fourth-order valence-electron chi connectivity index (χ4n) is 2.02. The second-order valence-corrected chi connectivity index (χ2v) is 6.12. The van der Waals surface area contributed by atoms with Gasteiger partial charge in [0.05, 0.1) is 17.5 Å². The zero-order valence-corrected chi connectivity index (χ0v) is 13.7. The Labute approximate surface area is 138 Å². The van der Waals surface area contributed by atoms with E-state index in [9.17, 15) is 9.59 Å². The summed E-state index contributed by atoms with van der Waals surface area (Å²) in [6, 6.07) is 10.8. The molecule has 2 rings (SSSR count). The molecule has 6 heteroatoms. The quantitative estimate of drug-likeness (QED) is 0.849. The molecule has 0 aliphatic carbocycles. The number of nitrogens with one attached hydrogen (secondary N) is 2. The number of hydrogen-bond donors (Lipinski definition) is 2. The van der Waals surface area contributed by atoms with Gasteiger partial charge in [-0.25, -0.2) is 0 Å². The lowest BCUT2D eigenvalue weighted by atomic mass is 10.0. The van der Waals surface area contributed by atoms with Crippen LogP contribution in [0.2, 0.25) is 5.02 Å². The van der Waals surface area contributed by atoms with Crippen molar-refractivity contribution in [3.8, 4) is 0 Å². The van der Waals surface area contributed by atoms with Crippen molar-refractivity contribution in [2.45, 2.75) is 19.4 Å². The Morgan fingerprint density at radius 1 is 1.23 bits per heavy atom. The van der Waals surface area contributed by atoms with E-state index in [0.29, 0.717) is 9.90 Å². The van der Waals surface area contributed by atoms with Gasteiger partial charge >= 0.3 is 0 Å². The van der Waals surface area contributed by atoms with Gasteiger partial charge in [-0.2, -0.15) is 0 Å². The van der Waals surface area contributed by atoms with Gasteiger partial charge < -0.3 is 10.6 Å². The van der Waals surface area contributed by atoms with Crippen LogP contribution in [0.15, 0.2) is 41.8 Å². The first-order valence-electron chi connectivity index (χ1n) is 6.96. The summed E-state index contributed by atoms with van der Waals surface area (Å²) >= 11 is 7.21. The minimum atomic E-state index is -0.232. The van der Waals surface area contributed by atoms with E-state index in [2.05, 4.69) is 10.6 Å². The van der Waals surface area contributed by atoms with E-state index < -0.39 is 0 Å². The highest BCUT2D eigenvalue weighted by molar-refractivity contribution is 7.12. The Kier molecular flexibility index (Phi) is 5.98. The fraction of sp³-hybridized carbons (Fsp3) is 0.250. The lowest BCUT2D eigenvalue weighted by Crippen LogP contribution is -2.38. The highest BCUT2D eigenvalue weighted by atomic mass is 35.5. The van der Waals surface area contributed by atoms with Gasteiger partial charge in [0.15, 0.2) is 0 Å². The van der Waals surface area contributed by atoms with Crippen molar-refractivity contribution in [2.75, 3.05) is 6.54 Å². The molecule has 0 fully saturated rings. The third-order valence-corrected chi connectivity index (χ3v) is 4.29. The summed E-state index contributed by atoms with van der Waals surface area (Å²) in [4.78, 5) is 24.4. The van der Waals surface area contributed by atoms with E-state index in [1.54, 1.807) is 24.3 Å². The number of amides is 2. The molecule has 22 heavy (non-hydrogen) atoms. The average molecular weight is 337 g/mol. The minimum Gasteiger partial charge on any atom is -0.348 e.